The van der Waals surface area contributed by atoms with Crippen molar-refractivity contribution in [2.45, 2.75) is 13.0 Å². The van der Waals surface area contributed by atoms with Crippen LogP contribution in [0.25, 0.3) is 0 Å². The molecule has 0 amide bonds. The average Bonchev–Trinajstić information content (AvgIpc) is 2.47. The van der Waals surface area contributed by atoms with Gasteiger partial charge < -0.3 is 10.1 Å². The van der Waals surface area contributed by atoms with E-state index >= 15 is 0 Å². The maximum Gasteiger partial charge on any atom is 0.0765 e. The van der Waals surface area contributed by atoms with E-state index in [0.717, 1.165) is 26.2 Å². The van der Waals surface area contributed by atoms with Crippen LogP contribution in [0.5, 0.6) is 0 Å². The number of rotatable bonds is 4. The molecule has 1 aliphatic heterocycles. The van der Waals surface area contributed by atoms with E-state index in [9.17, 15) is 0 Å². The van der Waals surface area contributed by atoms with Crippen LogP contribution in [0.15, 0.2) is 0 Å². The van der Waals surface area contributed by atoms with E-state index in [1.54, 1.807) is 7.11 Å². The van der Waals surface area contributed by atoms with Crippen LogP contribution in [-0.4, -0.2) is 39.4 Å². The second-order valence-corrected chi connectivity index (χ2v) is 2.93. The van der Waals surface area contributed by atoms with Crippen LogP contribution in [0.2, 0.25) is 0 Å². The van der Waals surface area contributed by atoms with Gasteiger partial charge in [0, 0.05) is 32.7 Å². The summed E-state index contributed by atoms with van der Waals surface area (Å²) in [6, 6.07) is 0. The first kappa shape index (κ1) is 8.97. The standard InChI is InChI=1S/C8H17N2O/c1-3-9-4-7-5-10-6-8(7)11-2/h7-9H,3-6H2,1-2H3. The van der Waals surface area contributed by atoms with Crippen molar-refractivity contribution in [1.29, 1.82) is 0 Å². The number of hydrogen-bond donors (Lipinski definition) is 1. The molecule has 1 heterocycles. The molecule has 2 unspecified atom stereocenters. The third-order valence-corrected chi connectivity index (χ3v) is 2.16. The summed E-state index contributed by atoms with van der Waals surface area (Å²) >= 11 is 0. The van der Waals surface area contributed by atoms with Crippen molar-refractivity contribution < 1.29 is 4.74 Å². The minimum Gasteiger partial charge on any atom is -0.380 e. The molecule has 3 heteroatoms. The third-order valence-electron chi connectivity index (χ3n) is 2.16. The maximum absolute atomic E-state index is 5.29. The topological polar surface area (TPSA) is 35.4 Å². The van der Waals surface area contributed by atoms with Gasteiger partial charge in [-0.1, -0.05) is 6.92 Å². The van der Waals surface area contributed by atoms with E-state index in [1.165, 1.54) is 0 Å². The lowest BCUT2D eigenvalue weighted by Gasteiger charge is -2.16. The molecule has 2 atom stereocenters. The lowest BCUT2D eigenvalue weighted by molar-refractivity contribution is 0.0830. The predicted molar refractivity (Wildman–Crippen MR) is 44.7 cm³/mol. The highest BCUT2D eigenvalue weighted by Crippen LogP contribution is 2.11. The Bertz CT molecular complexity index is 108. The molecule has 1 fully saturated rings. The van der Waals surface area contributed by atoms with Gasteiger partial charge in [-0.25, -0.2) is 5.32 Å². The molecule has 1 radical (unpaired) electrons. The van der Waals surface area contributed by atoms with E-state index in [1.807, 2.05) is 0 Å². The van der Waals surface area contributed by atoms with E-state index < -0.39 is 0 Å². The first-order valence-electron chi connectivity index (χ1n) is 4.25. The first-order valence-corrected chi connectivity index (χ1v) is 4.25. The summed E-state index contributed by atoms with van der Waals surface area (Å²) in [7, 11) is 1.77. The van der Waals surface area contributed by atoms with Crippen molar-refractivity contribution in [2.24, 2.45) is 5.92 Å². The fourth-order valence-corrected chi connectivity index (χ4v) is 1.43. The Morgan fingerprint density at radius 2 is 2.36 bits per heavy atom. The zero-order chi connectivity index (χ0) is 8.10. The second-order valence-electron chi connectivity index (χ2n) is 2.93. The fourth-order valence-electron chi connectivity index (χ4n) is 1.43. The number of ether oxygens (including phenoxy) is 1. The van der Waals surface area contributed by atoms with Crippen molar-refractivity contribution in [3.05, 3.63) is 0 Å². The first-order chi connectivity index (χ1) is 5.38. The third kappa shape index (κ3) is 2.43. The molecule has 0 spiro atoms. The Hall–Kier alpha value is -0.120. The van der Waals surface area contributed by atoms with E-state index in [0.29, 0.717) is 12.0 Å². The summed E-state index contributed by atoms with van der Waals surface area (Å²) < 4.78 is 5.29. The summed E-state index contributed by atoms with van der Waals surface area (Å²) in [4.78, 5) is 0. The zero-order valence-corrected chi connectivity index (χ0v) is 7.34. The summed E-state index contributed by atoms with van der Waals surface area (Å²) in [5.74, 6) is 0.597. The minimum absolute atomic E-state index is 0.356. The van der Waals surface area contributed by atoms with Crippen molar-refractivity contribution in [2.75, 3.05) is 33.3 Å². The van der Waals surface area contributed by atoms with Crippen LogP contribution in [0, 0.1) is 5.92 Å². The van der Waals surface area contributed by atoms with Crippen LogP contribution in [0.1, 0.15) is 6.92 Å². The Morgan fingerprint density at radius 1 is 1.55 bits per heavy atom. The molecule has 0 saturated carbocycles. The lowest BCUT2D eigenvalue weighted by Crippen LogP contribution is -2.31. The molecule has 65 valence electrons. The highest BCUT2D eigenvalue weighted by atomic mass is 16.5. The molecule has 1 rings (SSSR count). The van der Waals surface area contributed by atoms with Crippen LogP contribution < -0.4 is 10.6 Å². The molecule has 0 bridgehead atoms. The Balaban J connectivity index is 2.20. The van der Waals surface area contributed by atoms with Crippen molar-refractivity contribution in [3.63, 3.8) is 0 Å². The van der Waals surface area contributed by atoms with Crippen molar-refractivity contribution >= 4 is 0 Å². The largest absolute Gasteiger partial charge is 0.380 e. The number of methoxy groups -OCH3 is 1. The fraction of sp³-hybridized carbons (Fsp3) is 1.00. The van der Waals surface area contributed by atoms with Gasteiger partial charge in [0.25, 0.3) is 0 Å². The van der Waals surface area contributed by atoms with E-state index in [4.69, 9.17) is 4.74 Å². The SMILES string of the molecule is CCNCC1C[N]CC1OC. The normalized spacial score (nSPS) is 31.1. The summed E-state index contributed by atoms with van der Waals surface area (Å²) in [6.45, 7) is 6.04. The Kier molecular flexibility index (Phi) is 3.83. The Labute approximate surface area is 68.5 Å². The van der Waals surface area contributed by atoms with Gasteiger partial charge in [0.05, 0.1) is 6.10 Å². The molecular weight excluding hydrogens is 140 g/mol. The van der Waals surface area contributed by atoms with Gasteiger partial charge in [-0.2, -0.15) is 0 Å². The van der Waals surface area contributed by atoms with Crippen LogP contribution in [0.4, 0.5) is 0 Å². The molecule has 0 aliphatic carbocycles. The van der Waals surface area contributed by atoms with Crippen molar-refractivity contribution in [1.82, 2.24) is 10.6 Å². The maximum atomic E-state index is 5.29. The lowest BCUT2D eigenvalue weighted by atomic mass is 10.1. The smallest absolute Gasteiger partial charge is 0.0765 e. The molecule has 0 aromatic rings. The number of nitrogens with zero attached hydrogens (tertiary/aromatic N) is 1. The summed E-state index contributed by atoms with van der Waals surface area (Å²) in [5, 5.41) is 7.62. The van der Waals surface area contributed by atoms with E-state index in [-0.39, 0.29) is 0 Å². The number of nitrogens with one attached hydrogen (secondary N) is 1. The quantitative estimate of drug-likeness (QED) is 0.615. The summed E-state index contributed by atoms with van der Waals surface area (Å²) in [6.07, 6.45) is 0.356. The monoisotopic (exact) mass is 157 g/mol. The molecule has 3 nitrogen and oxygen atoms in total. The van der Waals surface area contributed by atoms with E-state index in [2.05, 4.69) is 17.6 Å². The van der Waals surface area contributed by atoms with Crippen LogP contribution in [-0.2, 0) is 4.74 Å². The van der Waals surface area contributed by atoms with Gasteiger partial charge in [0.1, 0.15) is 0 Å². The van der Waals surface area contributed by atoms with Gasteiger partial charge >= 0.3 is 0 Å². The average molecular weight is 157 g/mol. The summed E-state index contributed by atoms with van der Waals surface area (Å²) in [5.41, 5.74) is 0. The molecule has 1 N–H and O–H groups in total. The second kappa shape index (κ2) is 4.70. The number of hydrogen-bond acceptors (Lipinski definition) is 2. The highest BCUT2D eigenvalue weighted by molar-refractivity contribution is 4.82. The van der Waals surface area contributed by atoms with Crippen molar-refractivity contribution in [3.8, 4) is 0 Å². The van der Waals surface area contributed by atoms with Gasteiger partial charge in [-0.05, 0) is 6.54 Å². The Morgan fingerprint density at radius 3 is 3.00 bits per heavy atom. The van der Waals surface area contributed by atoms with Gasteiger partial charge in [-0.15, -0.1) is 0 Å². The van der Waals surface area contributed by atoms with Gasteiger partial charge in [-0.3, -0.25) is 0 Å². The molecule has 11 heavy (non-hydrogen) atoms. The van der Waals surface area contributed by atoms with Gasteiger partial charge in [0.2, 0.25) is 0 Å². The molecule has 1 saturated heterocycles. The highest BCUT2D eigenvalue weighted by Gasteiger charge is 2.26. The van der Waals surface area contributed by atoms with Crippen LogP contribution >= 0.6 is 0 Å². The predicted octanol–water partition coefficient (Wildman–Crippen LogP) is -0.155. The molecular formula is C8H17N2O. The van der Waals surface area contributed by atoms with Crippen LogP contribution in [0.3, 0.4) is 0 Å². The zero-order valence-electron chi connectivity index (χ0n) is 7.34. The molecule has 0 aromatic heterocycles. The van der Waals surface area contributed by atoms with Gasteiger partial charge in [0.15, 0.2) is 0 Å². The minimum atomic E-state index is 0.356. The molecule has 1 aliphatic rings. The molecule has 0 aromatic carbocycles.